The van der Waals surface area contributed by atoms with Crippen molar-refractivity contribution in [3.8, 4) is 0 Å². The van der Waals surface area contributed by atoms with Crippen LogP contribution >= 0.6 is 11.6 Å². The number of rotatable bonds is 4. The van der Waals surface area contributed by atoms with Crippen LogP contribution in [0.4, 0.5) is 10.1 Å². The van der Waals surface area contributed by atoms with Gasteiger partial charge in [0.2, 0.25) is 5.76 Å². The molecule has 8 heteroatoms. The molecule has 0 N–H and O–H groups in total. The van der Waals surface area contributed by atoms with Crippen molar-refractivity contribution in [2.75, 3.05) is 11.4 Å². The molecule has 0 bridgehead atoms. The largest absolute Gasteiger partial charge is 0.450 e. The summed E-state index contributed by atoms with van der Waals surface area (Å²) in [5.41, 5.74) is -0.981. The van der Waals surface area contributed by atoms with E-state index >= 15 is 0 Å². The van der Waals surface area contributed by atoms with Crippen LogP contribution in [0.2, 0.25) is 5.02 Å². The zero-order valence-electron chi connectivity index (χ0n) is 18.8. The standard InChI is InChI=1S/C28H18ClFN2O4/c1-2-13-32-26(34)25-23(24(33)18-14-17(29)11-12-22(18)36-25)28(32)19-8-4-6-10-21(19)31(27(28)35)15-16-7-3-5-9-20(16)30/h2-12,14H,1,13,15H2. The topological polar surface area (TPSA) is 70.8 Å². The summed E-state index contributed by atoms with van der Waals surface area (Å²) in [7, 11) is 0. The fourth-order valence-corrected chi connectivity index (χ4v) is 5.47. The average molecular weight is 501 g/mol. The Kier molecular flexibility index (Phi) is 4.88. The molecule has 2 amide bonds. The molecule has 6 rings (SSSR count). The normalized spacial score (nSPS) is 18.3. The highest BCUT2D eigenvalue weighted by molar-refractivity contribution is 6.31. The van der Waals surface area contributed by atoms with E-state index in [1.54, 1.807) is 48.5 Å². The zero-order valence-corrected chi connectivity index (χ0v) is 19.6. The van der Waals surface area contributed by atoms with Crippen molar-refractivity contribution in [1.29, 1.82) is 0 Å². The molecule has 2 aliphatic rings. The van der Waals surface area contributed by atoms with E-state index < -0.39 is 28.6 Å². The minimum absolute atomic E-state index is 0.0206. The lowest BCUT2D eigenvalue weighted by atomic mass is 9.84. The van der Waals surface area contributed by atoms with Gasteiger partial charge in [0.25, 0.3) is 11.8 Å². The van der Waals surface area contributed by atoms with Crippen LogP contribution in [0.3, 0.4) is 0 Å². The predicted molar refractivity (Wildman–Crippen MR) is 134 cm³/mol. The summed E-state index contributed by atoms with van der Waals surface area (Å²) in [4.78, 5) is 44.8. The highest BCUT2D eigenvalue weighted by Crippen LogP contribution is 2.52. The van der Waals surface area contributed by atoms with Crippen LogP contribution in [-0.4, -0.2) is 23.3 Å². The number of hydrogen-bond donors (Lipinski definition) is 0. The van der Waals surface area contributed by atoms with Crippen LogP contribution in [0.5, 0.6) is 0 Å². The first-order valence-corrected chi connectivity index (χ1v) is 11.6. The van der Waals surface area contributed by atoms with Crippen molar-refractivity contribution in [3.05, 3.63) is 123 Å². The Balaban J connectivity index is 1.67. The second kappa shape index (κ2) is 7.90. The van der Waals surface area contributed by atoms with Crippen molar-refractivity contribution < 1.29 is 18.4 Å². The minimum Gasteiger partial charge on any atom is -0.450 e. The maximum Gasteiger partial charge on any atom is 0.291 e. The first kappa shape index (κ1) is 22.2. The van der Waals surface area contributed by atoms with Crippen molar-refractivity contribution in [1.82, 2.24) is 4.90 Å². The molecule has 0 saturated heterocycles. The Morgan fingerprint density at radius 3 is 2.56 bits per heavy atom. The molecule has 1 aromatic heterocycles. The van der Waals surface area contributed by atoms with Crippen LogP contribution < -0.4 is 10.3 Å². The van der Waals surface area contributed by atoms with Gasteiger partial charge in [-0.05, 0) is 30.3 Å². The van der Waals surface area contributed by atoms with E-state index in [4.69, 9.17) is 16.0 Å². The van der Waals surface area contributed by atoms with E-state index in [9.17, 15) is 18.8 Å². The second-order valence-corrected chi connectivity index (χ2v) is 9.13. The molecule has 178 valence electrons. The monoisotopic (exact) mass is 500 g/mol. The van der Waals surface area contributed by atoms with Gasteiger partial charge in [0, 0.05) is 22.7 Å². The van der Waals surface area contributed by atoms with Crippen molar-refractivity contribution in [2.45, 2.75) is 12.1 Å². The van der Waals surface area contributed by atoms with Gasteiger partial charge in [-0.2, -0.15) is 0 Å². The Morgan fingerprint density at radius 1 is 1.03 bits per heavy atom. The van der Waals surface area contributed by atoms with Gasteiger partial charge in [-0.25, -0.2) is 4.39 Å². The Hall–Kier alpha value is -4.23. The van der Waals surface area contributed by atoms with Gasteiger partial charge in [0.15, 0.2) is 11.0 Å². The highest BCUT2D eigenvalue weighted by Gasteiger charge is 2.64. The van der Waals surface area contributed by atoms with Gasteiger partial charge in [0.1, 0.15) is 11.4 Å². The summed E-state index contributed by atoms with van der Waals surface area (Å²) in [6.07, 6.45) is 1.49. The van der Waals surface area contributed by atoms with Gasteiger partial charge in [-0.1, -0.05) is 54.1 Å². The van der Waals surface area contributed by atoms with E-state index in [-0.39, 0.29) is 35.4 Å². The lowest BCUT2D eigenvalue weighted by molar-refractivity contribution is -0.126. The summed E-state index contributed by atoms with van der Waals surface area (Å²) in [6.45, 7) is 3.65. The molecule has 0 saturated carbocycles. The number of carbonyl (C=O) groups is 2. The molecule has 2 aliphatic heterocycles. The summed E-state index contributed by atoms with van der Waals surface area (Å²) in [5, 5.41) is 0.474. The summed E-state index contributed by atoms with van der Waals surface area (Å²) >= 11 is 6.16. The molecular weight excluding hydrogens is 483 g/mol. The molecule has 0 aliphatic carbocycles. The van der Waals surface area contributed by atoms with Crippen LogP contribution in [0, 0.1) is 5.82 Å². The first-order chi connectivity index (χ1) is 17.4. The number of para-hydroxylation sites is 1. The smallest absolute Gasteiger partial charge is 0.291 e. The molecular formula is C28H18ClFN2O4. The number of carbonyl (C=O) groups excluding carboxylic acids is 2. The maximum atomic E-state index is 14.6. The lowest BCUT2D eigenvalue weighted by Gasteiger charge is -2.33. The van der Waals surface area contributed by atoms with Crippen LogP contribution in [-0.2, 0) is 16.9 Å². The van der Waals surface area contributed by atoms with Crippen LogP contribution in [0.1, 0.15) is 27.2 Å². The van der Waals surface area contributed by atoms with Crippen LogP contribution in [0.15, 0.2) is 88.6 Å². The van der Waals surface area contributed by atoms with Gasteiger partial charge in [0.05, 0.1) is 23.2 Å². The van der Waals surface area contributed by atoms with E-state index in [2.05, 4.69) is 6.58 Å². The molecule has 0 fully saturated rings. The van der Waals surface area contributed by atoms with Gasteiger partial charge in [-0.15, -0.1) is 6.58 Å². The Morgan fingerprint density at radius 2 is 1.78 bits per heavy atom. The fourth-order valence-electron chi connectivity index (χ4n) is 5.30. The molecule has 0 radical (unpaired) electrons. The second-order valence-electron chi connectivity index (χ2n) is 8.69. The Bertz CT molecular complexity index is 1680. The number of anilines is 1. The van der Waals surface area contributed by atoms with Crippen LogP contribution in [0.25, 0.3) is 11.0 Å². The lowest BCUT2D eigenvalue weighted by Crippen LogP contribution is -2.53. The summed E-state index contributed by atoms with van der Waals surface area (Å²) in [5.74, 6) is -1.81. The Labute approximate surface area is 209 Å². The van der Waals surface area contributed by atoms with E-state index in [1.807, 2.05) is 0 Å². The molecule has 3 heterocycles. The van der Waals surface area contributed by atoms with E-state index in [0.717, 1.165) is 0 Å². The van der Waals surface area contributed by atoms with E-state index in [0.29, 0.717) is 21.8 Å². The molecule has 4 aromatic rings. The van der Waals surface area contributed by atoms with Crippen molar-refractivity contribution >= 4 is 40.1 Å². The fraction of sp³-hybridized carbons (Fsp3) is 0.107. The van der Waals surface area contributed by atoms with Crippen molar-refractivity contribution in [2.24, 2.45) is 0 Å². The number of benzene rings is 3. The molecule has 1 unspecified atom stereocenters. The van der Waals surface area contributed by atoms with Gasteiger partial charge in [-0.3, -0.25) is 14.4 Å². The number of halogens is 2. The number of hydrogen-bond acceptors (Lipinski definition) is 4. The molecule has 6 nitrogen and oxygen atoms in total. The molecule has 36 heavy (non-hydrogen) atoms. The zero-order chi connectivity index (χ0) is 25.2. The number of fused-ring (bicyclic) bond motifs is 5. The third kappa shape index (κ3) is 2.80. The SMILES string of the molecule is C=CCN1C(=O)c2oc3ccc(Cl)cc3c(=O)c2C12C(=O)N(Cc1ccccc1F)c1ccccc12. The molecule has 3 aromatic carbocycles. The third-order valence-electron chi connectivity index (χ3n) is 6.80. The summed E-state index contributed by atoms with van der Waals surface area (Å²) < 4.78 is 20.5. The third-order valence-corrected chi connectivity index (χ3v) is 7.03. The predicted octanol–water partition coefficient (Wildman–Crippen LogP) is 5.02. The minimum atomic E-state index is -1.79. The number of nitrogens with zero attached hydrogens (tertiary/aromatic N) is 2. The molecule has 1 atom stereocenters. The quantitative estimate of drug-likeness (QED) is 0.369. The van der Waals surface area contributed by atoms with Gasteiger partial charge >= 0.3 is 0 Å². The van der Waals surface area contributed by atoms with Gasteiger partial charge < -0.3 is 14.2 Å². The highest BCUT2D eigenvalue weighted by atomic mass is 35.5. The summed E-state index contributed by atoms with van der Waals surface area (Å²) in [6, 6.07) is 17.6. The average Bonchev–Trinajstić information content (AvgIpc) is 3.26. The van der Waals surface area contributed by atoms with Crippen molar-refractivity contribution in [3.63, 3.8) is 0 Å². The maximum absolute atomic E-state index is 14.6. The number of amides is 2. The van der Waals surface area contributed by atoms with E-state index in [1.165, 1.54) is 34.1 Å². The first-order valence-electron chi connectivity index (χ1n) is 11.2. The molecule has 1 spiro atoms.